The van der Waals surface area contributed by atoms with Crippen molar-refractivity contribution in [2.75, 3.05) is 32.1 Å². The molecular formula is C24H26FN3O3. The molecule has 2 heterocycles. The number of halogens is 1. The molecule has 0 unspecified atom stereocenters. The smallest absolute Gasteiger partial charge is 0.307 e. The normalized spacial score (nSPS) is 13.0. The lowest BCUT2D eigenvalue weighted by Crippen LogP contribution is -2.41. The highest BCUT2D eigenvalue weighted by molar-refractivity contribution is 6.07. The topological polar surface area (TPSA) is 65.8 Å². The fraction of sp³-hybridized carbons (Fsp3) is 0.333. The first kappa shape index (κ1) is 20.9. The summed E-state index contributed by atoms with van der Waals surface area (Å²) in [6.45, 7) is 5.59. The molecule has 0 fully saturated rings. The van der Waals surface area contributed by atoms with Crippen molar-refractivity contribution < 1.29 is 19.1 Å². The number of hydrogen-bond donors (Lipinski definition) is 1. The van der Waals surface area contributed by atoms with Crippen molar-refractivity contribution >= 4 is 28.5 Å². The Balaban J connectivity index is 2.04. The van der Waals surface area contributed by atoms with Crippen molar-refractivity contribution in [3.63, 3.8) is 0 Å². The molecule has 0 saturated heterocycles. The van der Waals surface area contributed by atoms with Gasteiger partial charge in [0, 0.05) is 38.3 Å². The Labute approximate surface area is 180 Å². The summed E-state index contributed by atoms with van der Waals surface area (Å²) < 4.78 is 15.8. The highest BCUT2D eigenvalue weighted by Crippen LogP contribution is 2.44. The molecule has 162 valence electrons. The van der Waals surface area contributed by atoms with Gasteiger partial charge in [-0.25, -0.2) is 4.39 Å². The van der Waals surface area contributed by atoms with Crippen LogP contribution in [0.4, 0.5) is 10.1 Å². The zero-order valence-electron chi connectivity index (χ0n) is 18.2. The highest BCUT2D eigenvalue weighted by atomic mass is 19.1. The lowest BCUT2D eigenvalue weighted by molar-refractivity contribution is -0.136. The van der Waals surface area contributed by atoms with Gasteiger partial charge in [0.1, 0.15) is 5.82 Å². The Morgan fingerprint density at radius 3 is 2.42 bits per heavy atom. The van der Waals surface area contributed by atoms with Crippen LogP contribution < -0.4 is 4.90 Å². The number of carboxylic acid groups (broad SMARTS) is 1. The number of likely N-dealkylation sites (N-methyl/N-ethyl adjacent to an activating group) is 1. The van der Waals surface area contributed by atoms with E-state index in [-0.39, 0.29) is 24.7 Å². The van der Waals surface area contributed by atoms with Crippen LogP contribution in [0.15, 0.2) is 30.3 Å². The molecule has 2 aromatic carbocycles. The number of amides is 1. The number of rotatable bonds is 5. The molecule has 0 radical (unpaired) electrons. The highest BCUT2D eigenvalue weighted by Gasteiger charge is 2.29. The molecule has 1 N–H and O–H groups in total. The van der Waals surface area contributed by atoms with Gasteiger partial charge in [-0.1, -0.05) is 12.1 Å². The number of aromatic nitrogens is 1. The number of benzene rings is 2. The van der Waals surface area contributed by atoms with Gasteiger partial charge < -0.3 is 19.5 Å². The fourth-order valence-corrected chi connectivity index (χ4v) is 4.58. The van der Waals surface area contributed by atoms with E-state index in [9.17, 15) is 19.1 Å². The van der Waals surface area contributed by atoms with E-state index in [1.54, 1.807) is 31.1 Å². The average Bonchev–Trinajstić information content (AvgIpc) is 3.04. The van der Waals surface area contributed by atoms with Crippen LogP contribution in [0.1, 0.15) is 16.8 Å². The number of carboxylic acids is 1. The minimum Gasteiger partial charge on any atom is -0.481 e. The monoisotopic (exact) mass is 423 g/mol. The Morgan fingerprint density at radius 1 is 1.13 bits per heavy atom. The van der Waals surface area contributed by atoms with Crippen LogP contribution in [0.25, 0.3) is 22.0 Å². The summed E-state index contributed by atoms with van der Waals surface area (Å²) in [6.07, 6.45) is -0.152. The van der Waals surface area contributed by atoms with Gasteiger partial charge in [0.15, 0.2) is 0 Å². The van der Waals surface area contributed by atoms with Gasteiger partial charge in [-0.2, -0.15) is 0 Å². The third-order valence-electron chi connectivity index (χ3n) is 6.10. The van der Waals surface area contributed by atoms with E-state index >= 15 is 0 Å². The molecule has 0 bridgehead atoms. The second kappa shape index (κ2) is 7.72. The second-order valence-electron chi connectivity index (χ2n) is 8.31. The summed E-state index contributed by atoms with van der Waals surface area (Å²) in [5.41, 5.74) is 6.13. The zero-order chi connectivity index (χ0) is 22.4. The maximum Gasteiger partial charge on any atom is 0.307 e. The number of nitrogens with zero attached hydrogens (tertiary/aromatic N) is 3. The predicted octanol–water partition coefficient (Wildman–Crippen LogP) is 3.60. The molecule has 0 saturated carbocycles. The van der Waals surface area contributed by atoms with E-state index in [0.29, 0.717) is 12.1 Å². The van der Waals surface area contributed by atoms with Gasteiger partial charge in [0.05, 0.1) is 24.2 Å². The van der Waals surface area contributed by atoms with Crippen LogP contribution >= 0.6 is 0 Å². The number of carbonyl (C=O) groups excluding carboxylic acids is 1. The Bertz CT molecular complexity index is 1200. The summed E-state index contributed by atoms with van der Waals surface area (Å²) in [5, 5.41) is 10.6. The number of anilines is 1. The molecule has 0 aliphatic carbocycles. The van der Waals surface area contributed by atoms with Crippen LogP contribution in [0.5, 0.6) is 0 Å². The lowest BCUT2D eigenvalue weighted by Gasteiger charge is -2.34. The predicted molar refractivity (Wildman–Crippen MR) is 119 cm³/mol. The van der Waals surface area contributed by atoms with E-state index in [4.69, 9.17) is 0 Å². The van der Waals surface area contributed by atoms with Gasteiger partial charge in [-0.05, 0) is 54.3 Å². The number of aliphatic carboxylic acids is 1. The maximum atomic E-state index is 13.6. The average molecular weight is 423 g/mol. The second-order valence-corrected chi connectivity index (χ2v) is 8.31. The Kier molecular flexibility index (Phi) is 5.21. The summed E-state index contributed by atoms with van der Waals surface area (Å²) in [6, 6.07) is 8.25. The van der Waals surface area contributed by atoms with E-state index in [2.05, 4.69) is 15.5 Å². The number of carbonyl (C=O) groups is 2. The first-order valence-electron chi connectivity index (χ1n) is 10.3. The number of aryl methyl sites for hydroxylation is 1. The van der Waals surface area contributed by atoms with Gasteiger partial charge in [0.25, 0.3) is 0 Å². The van der Waals surface area contributed by atoms with Crippen LogP contribution in [-0.2, 0) is 22.6 Å². The SMILES string of the molecule is Cc1c(CC(=O)O)c(-c2ccc(F)cc2)c2cc(C)n3c2c1N(CC(=O)N(C)C)CC3. The first-order chi connectivity index (χ1) is 14.7. The Morgan fingerprint density at radius 2 is 1.81 bits per heavy atom. The van der Waals surface area contributed by atoms with Gasteiger partial charge in [0.2, 0.25) is 5.91 Å². The molecule has 1 aromatic heterocycles. The molecule has 1 aliphatic heterocycles. The van der Waals surface area contributed by atoms with Gasteiger partial charge in [-0.15, -0.1) is 0 Å². The van der Waals surface area contributed by atoms with Crippen LogP contribution in [0, 0.1) is 19.7 Å². The van der Waals surface area contributed by atoms with Crippen LogP contribution in [0.3, 0.4) is 0 Å². The summed E-state index contributed by atoms with van der Waals surface area (Å²) in [7, 11) is 3.46. The third kappa shape index (κ3) is 3.54. The molecule has 1 aliphatic rings. The largest absolute Gasteiger partial charge is 0.481 e. The lowest BCUT2D eigenvalue weighted by atomic mass is 9.88. The van der Waals surface area contributed by atoms with E-state index in [1.807, 2.05) is 13.8 Å². The van der Waals surface area contributed by atoms with Gasteiger partial charge >= 0.3 is 5.97 Å². The molecule has 4 rings (SSSR count). The maximum absolute atomic E-state index is 13.6. The van der Waals surface area contributed by atoms with Gasteiger partial charge in [-0.3, -0.25) is 9.59 Å². The summed E-state index contributed by atoms with van der Waals surface area (Å²) in [5.74, 6) is -1.27. The standard InChI is InChI=1S/C24H26FN3O3/c1-14-11-19-22(16-5-7-17(25)8-6-16)18(12-21(30)31)15(2)23-24(19)28(14)10-9-27(23)13-20(29)26(3)4/h5-8,11H,9-10,12-13H2,1-4H3,(H,30,31). The van der Waals surface area contributed by atoms with Crippen molar-refractivity contribution in [1.82, 2.24) is 9.47 Å². The van der Waals surface area contributed by atoms with Crippen LogP contribution in [0.2, 0.25) is 0 Å². The summed E-state index contributed by atoms with van der Waals surface area (Å²) >= 11 is 0. The number of hydrogen-bond acceptors (Lipinski definition) is 3. The summed E-state index contributed by atoms with van der Waals surface area (Å²) in [4.78, 5) is 27.9. The first-order valence-corrected chi connectivity index (χ1v) is 10.3. The van der Waals surface area contributed by atoms with E-state index in [0.717, 1.165) is 45.5 Å². The molecule has 31 heavy (non-hydrogen) atoms. The minimum absolute atomic E-state index is 0.00771. The fourth-order valence-electron chi connectivity index (χ4n) is 4.58. The molecule has 3 aromatic rings. The Hall–Kier alpha value is -3.35. The molecule has 1 amide bonds. The zero-order valence-corrected chi connectivity index (χ0v) is 18.2. The van der Waals surface area contributed by atoms with E-state index < -0.39 is 5.97 Å². The third-order valence-corrected chi connectivity index (χ3v) is 6.10. The molecule has 0 atom stereocenters. The van der Waals surface area contributed by atoms with Crippen molar-refractivity contribution in [2.24, 2.45) is 0 Å². The van der Waals surface area contributed by atoms with Crippen molar-refractivity contribution in [3.05, 3.63) is 53.0 Å². The molecule has 7 heteroatoms. The quantitative estimate of drug-likeness (QED) is 0.681. The van der Waals surface area contributed by atoms with E-state index in [1.165, 1.54) is 12.1 Å². The molecule has 6 nitrogen and oxygen atoms in total. The van der Waals surface area contributed by atoms with Crippen molar-refractivity contribution in [2.45, 2.75) is 26.8 Å². The van der Waals surface area contributed by atoms with Crippen LogP contribution in [-0.4, -0.2) is 53.6 Å². The molecular weight excluding hydrogens is 397 g/mol. The minimum atomic E-state index is -0.930. The van der Waals surface area contributed by atoms with Crippen molar-refractivity contribution in [1.29, 1.82) is 0 Å². The molecule has 0 spiro atoms. The van der Waals surface area contributed by atoms with Crippen molar-refractivity contribution in [3.8, 4) is 11.1 Å².